The van der Waals surface area contributed by atoms with Crippen molar-refractivity contribution in [1.82, 2.24) is 10.6 Å². The number of carbonyl (C=O) groups excluding carboxylic acids is 1. The van der Waals surface area contributed by atoms with Crippen molar-refractivity contribution in [3.05, 3.63) is 11.1 Å². The van der Waals surface area contributed by atoms with Gasteiger partial charge in [0.15, 0.2) is 0 Å². The lowest BCUT2D eigenvalue weighted by Crippen LogP contribution is -2.33. The van der Waals surface area contributed by atoms with E-state index < -0.39 is 0 Å². The molecule has 0 aromatic carbocycles. The molecule has 0 saturated carbocycles. The van der Waals surface area contributed by atoms with E-state index in [2.05, 4.69) is 33.1 Å². The van der Waals surface area contributed by atoms with Gasteiger partial charge in [-0.15, -0.1) is 0 Å². The molecule has 0 atom stereocenters. The zero-order valence-electron chi connectivity index (χ0n) is 9.43. The van der Waals surface area contributed by atoms with Gasteiger partial charge >= 0.3 is 0 Å². The Morgan fingerprint density at radius 2 is 2.19 bits per heavy atom. The first-order chi connectivity index (χ1) is 7.68. The number of ether oxygens (including phenoxy) is 1. The van der Waals surface area contributed by atoms with E-state index in [-0.39, 0.29) is 5.91 Å². The minimum absolute atomic E-state index is 0.00883. The van der Waals surface area contributed by atoms with Crippen LogP contribution in [0.5, 0.6) is 0 Å². The van der Waals surface area contributed by atoms with Gasteiger partial charge in [0.25, 0.3) is 0 Å². The fourth-order valence-corrected chi connectivity index (χ4v) is 1.70. The molecule has 92 valence electrons. The van der Waals surface area contributed by atoms with Crippen molar-refractivity contribution in [1.29, 1.82) is 0 Å². The second-order valence-electron chi connectivity index (χ2n) is 3.86. The van der Waals surface area contributed by atoms with Crippen LogP contribution >= 0.6 is 15.9 Å². The van der Waals surface area contributed by atoms with E-state index in [1.807, 2.05) is 0 Å². The minimum Gasteiger partial charge on any atom is -0.378 e. The molecule has 0 radical (unpaired) electrons. The predicted octanol–water partition coefficient (Wildman–Crippen LogP) is 1.17. The quantitative estimate of drug-likeness (QED) is 0.772. The van der Waals surface area contributed by atoms with Gasteiger partial charge in [0.05, 0.1) is 12.7 Å². The molecule has 0 unspecified atom stereocenters. The first-order valence-corrected chi connectivity index (χ1v) is 6.40. The van der Waals surface area contributed by atoms with Crippen LogP contribution in [0.25, 0.3) is 0 Å². The summed E-state index contributed by atoms with van der Waals surface area (Å²) in [5.74, 6) is 0.00883. The Bertz CT molecular complexity index is 240. The molecule has 0 bridgehead atoms. The molecule has 1 amide bonds. The van der Waals surface area contributed by atoms with Gasteiger partial charge in [-0.25, -0.2) is 0 Å². The summed E-state index contributed by atoms with van der Waals surface area (Å²) in [6.45, 7) is 6.66. The largest absolute Gasteiger partial charge is 0.378 e. The molecule has 0 aromatic heterocycles. The fraction of sp³-hybridized carbons (Fsp3) is 0.727. The summed E-state index contributed by atoms with van der Waals surface area (Å²) in [7, 11) is 0. The molecular weight excluding hydrogens is 272 g/mol. The van der Waals surface area contributed by atoms with E-state index in [9.17, 15) is 4.79 Å². The van der Waals surface area contributed by atoms with Crippen molar-refractivity contribution >= 4 is 21.8 Å². The summed E-state index contributed by atoms with van der Waals surface area (Å²) < 4.78 is 6.40. The van der Waals surface area contributed by atoms with E-state index in [1.54, 1.807) is 0 Å². The number of hydrogen-bond acceptors (Lipinski definition) is 3. The standard InChI is InChI=1S/C11H19BrN2O2/c1-9(12)8-14-11(15)4-7-16-10-2-5-13-6-3-10/h10,13H,1-8H2,(H,14,15). The number of piperidine rings is 1. The molecule has 0 aliphatic carbocycles. The van der Waals surface area contributed by atoms with Crippen molar-refractivity contribution in [2.24, 2.45) is 0 Å². The average Bonchev–Trinajstić information content (AvgIpc) is 2.28. The van der Waals surface area contributed by atoms with Gasteiger partial charge in [-0.3, -0.25) is 4.79 Å². The summed E-state index contributed by atoms with van der Waals surface area (Å²) in [4.78, 5) is 11.3. The molecule has 0 spiro atoms. The van der Waals surface area contributed by atoms with Gasteiger partial charge in [-0.05, 0) is 25.9 Å². The molecule has 4 nitrogen and oxygen atoms in total. The first-order valence-electron chi connectivity index (χ1n) is 5.61. The SMILES string of the molecule is C=C(Br)CNC(=O)CCOC1CCNCC1. The first kappa shape index (κ1) is 13.7. The summed E-state index contributed by atoms with van der Waals surface area (Å²) in [6, 6.07) is 0. The maximum atomic E-state index is 11.3. The van der Waals surface area contributed by atoms with Gasteiger partial charge in [-0.2, -0.15) is 0 Å². The zero-order valence-corrected chi connectivity index (χ0v) is 11.0. The third kappa shape index (κ3) is 6.25. The lowest BCUT2D eigenvalue weighted by molar-refractivity contribution is -0.122. The summed E-state index contributed by atoms with van der Waals surface area (Å²) in [5.41, 5.74) is 0. The van der Waals surface area contributed by atoms with Crippen LogP contribution in [0.4, 0.5) is 0 Å². The van der Waals surface area contributed by atoms with Crippen molar-refractivity contribution < 1.29 is 9.53 Å². The Kier molecular flexibility index (Phi) is 6.68. The molecule has 0 aromatic rings. The second-order valence-corrected chi connectivity index (χ2v) is 4.99. The van der Waals surface area contributed by atoms with Crippen LogP contribution in [0.3, 0.4) is 0 Å². The van der Waals surface area contributed by atoms with E-state index in [0.717, 1.165) is 30.4 Å². The molecule has 5 heteroatoms. The molecule has 2 N–H and O–H groups in total. The number of rotatable bonds is 6. The summed E-state index contributed by atoms with van der Waals surface area (Å²) >= 11 is 3.19. The Labute approximate surface area is 105 Å². The third-order valence-corrected chi connectivity index (χ3v) is 2.73. The number of amides is 1. The smallest absolute Gasteiger partial charge is 0.222 e. The van der Waals surface area contributed by atoms with Crippen LogP contribution in [-0.2, 0) is 9.53 Å². The van der Waals surface area contributed by atoms with Crippen LogP contribution in [0, 0.1) is 0 Å². The lowest BCUT2D eigenvalue weighted by atomic mass is 10.1. The molecule has 1 fully saturated rings. The molecule has 1 aliphatic rings. The Balaban J connectivity index is 2.01. The summed E-state index contributed by atoms with van der Waals surface area (Å²) in [6.07, 6.45) is 2.82. The van der Waals surface area contributed by atoms with E-state index >= 15 is 0 Å². The molecule has 1 heterocycles. The number of carbonyl (C=O) groups is 1. The van der Waals surface area contributed by atoms with Crippen LogP contribution in [0.2, 0.25) is 0 Å². The van der Waals surface area contributed by atoms with Crippen molar-refractivity contribution in [3.63, 3.8) is 0 Å². The molecule has 1 saturated heterocycles. The number of nitrogens with one attached hydrogen (secondary N) is 2. The van der Waals surface area contributed by atoms with E-state index in [1.165, 1.54) is 0 Å². The number of halogens is 1. The van der Waals surface area contributed by atoms with Crippen molar-refractivity contribution in [2.75, 3.05) is 26.2 Å². The Morgan fingerprint density at radius 1 is 1.50 bits per heavy atom. The second kappa shape index (κ2) is 7.81. The van der Waals surface area contributed by atoms with Gasteiger partial charge < -0.3 is 15.4 Å². The predicted molar refractivity (Wildman–Crippen MR) is 67.5 cm³/mol. The van der Waals surface area contributed by atoms with Gasteiger partial charge in [0, 0.05) is 17.4 Å². The molecule has 1 aliphatic heterocycles. The monoisotopic (exact) mass is 290 g/mol. The molecular formula is C11H19BrN2O2. The number of hydrogen-bond donors (Lipinski definition) is 2. The van der Waals surface area contributed by atoms with E-state index in [4.69, 9.17) is 4.74 Å². The Hall–Kier alpha value is -0.390. The molecule has 1 rings (SSSR count). The minimum atomic E-state index is 0.00883. The maximum absolute atomic E-state index is 11.3. The third-order valence-electron chi connectivity index (χ3n) is 2.45. The highest BCUT2D eigenvalue weighted by atomic mass is 79.9. The fourth-order valence-electron chi connectivity index (χ4n) is 1.56. The van der Waals surface area contributed by atoms with Gasteiger partial charge in [0.2, 0.25) is 5.91 Å². The normalized spacial score (nSPS) is 17.1. The van der Waals surface area contributed by atoms with Crippen molar-refractivity contribution in [2.45, 2.75) is 25.4 Å². The lowest BCUT2D eigenvalue weighted by Gasteiger charge is -2.22. The van der Waals surface area contributed by atoms with E-state index in [0.29, 0.717) is 25.7 Å². The van der Waals surface area contributed by atoms with Crippen LogP contribution in [-0.4, -0.2) is 38.3 Å². The highest BCUT2D eigenvalue weighted by Gasteiger charge is 2.13. The Morgan fingerprint density at radius 3 is 2.81 bits per heavy atom. The highest BCUT2D eigenvalue weighted by Crippen LogP contribution is 2.07. The van der Waals surface area contributed by atoms with Crippen LogP contribution < -0.4 is 10.6 Å². The average molecular weight is 291 g/mol. The topological polar surface area (TPSA) is 50.4 Å². The van der Waals surface area contributed by atoms with Gasteiger partial charge in [0.1, 0.15) is 0 Å². The molecule has 16 heavy (non-hydrogen) atoms. The van der Waals surface area contributed by atoms with Crippen LogP contribution in [0.1, 0.15) is 19.3 Å². The van der Waals surface area contributed by atoms with Crippen LogP contribution in [0.15, 0.2) is 11.1 Å². The highest BCUT2D eigenvalue weighted by molar-refractivity contribution is 9.11. The maximum Gasteiger partial charge on any atom is 0.222 e. The van der Waals surface area contributed by atoms with Crippen molar-refractivity contribution in [3.8, 4) is 0 Å². The zero-order chi connectivity index (χ0) is 11.8. The summed E-state index contributed by atoms with van der Waals surface area (Å²) in [5, 5.41) is 6.01. The van der Waals surface area contributed by atoms with Gasteiger partial charge in [-0.1, -0.05) is 22.5 Å².